The van der Waals surface area contributed by atoms with Crippen molar-refractivity contribution in [2.24, 2.45) is 10.8 Å². The zero-order valence-electron chi connectivity index (χ0n) is 14.4. The van der Waals surface area contributed by atoms with Crippen molar-refractivity contribution in [1.82, 2.24) is 10.3 Å². The van der Waals surface area contributed by atoms with Gasteiger partial charge >= 0.3 is 0 Å². The van der Waals surface area contributed by atoms with Crippen LogP contribution in [0.3, 0.4) is 0 Å². The molecule has 0 saturated heterocycles. The maximum Gasteiger partial charge on any atom is 0.268 e. The molecule has 8 nitrogen and oxygen atoms in total. The van der Waals surface area contributed by atoms with E-state index in [0.717, 1.165) is 0 Å². The van der Waals surface area contributed by atoms with E-state index < -0.39 is 17.9 Å². The van der Waals surface area contributed by atoms with Crippen LogP contribution in [0, 0.1) is 5.82 Å². The van der Waals surface area contributed by atoms with Gasteiger partial charge in [-0.1, -0.05) is 12.1 Å². The van der Waals surface area contributed by atoms with Crippen molar-refractivity contribution in [1.29, 1.82) is 0 Å². The lowest BCUT2D eigenvalue weighted by molar-refractivity contribution is -0.132. The van der Waals surface area contributed by atoms with Crippen molar-refractivity contribution in [3.63, 3.8) is 0 Å². The molecule has 1 aliphatic heterocycles. The number of nitrogens with two attached hydrogens (primary N) is 1. The summed E-state index contributed by atoms with van der Waals surface area (Å²) in [4.78, 5) is 35.8. The minimum absolute atomic E-state index is 0.118. The molecule has 0 bridgehead atoms. The van der Waals surface area contributed by atoms with Crippen LogP contribution in [0.2, 0.25) is 0 Å². The number of nitrogens with one attached hydrogen (secondary N) is 1. The predicted molar refractivity (Wildman–Crippen MR) is 91.2 cm³/mol. The molecule has 1 aromatic rings. The molecule has 0 fully saturated rings. The molecule has 1 aliphatic rings. The van der Waals surface area contributed by atoms with E-state index in [1.165, 1.54) is 24.3 Å². The monoisotopic (exact) mass is 364 g/mol. The van der Waals surface area contributed by atoms with Gasteiger partial charge in [-0.25, -0.2) is 9.40 Å². The van der Waals surface area contributed by atoms with Crippen LogP contribution in [0.5, 0.6) is 0 Å². The molecule has 0 aliphatic carbocycles. The van der Waals surface area contributed by atoms with Gasteiger partial charge in [-0.05, 0) is 24.1 Å². The summed E-state index contributed by atoms with van der Waals surface area (Å²) in [5.41, 5.74) is 6.09. The molecule has 0 radical (unpaired) electrons. The average molecular weight is 364 g/mol. The summed E-state index contributed by atoms with van der Waals surface area (Å²) < 4.78 is 17.9. The Labute approximate surface area is 150 Å². The second kappa shape index (κ2) is 9.04. The molecule has 3 N–H and O–H groups in total. The lowest BCUT2D eigenvalue weighted by Gasteiger charge is -2.24. The van der Waals surface area contributed by atoms with E-state index in [4.69, 9.17) is 10.5 Å². The number of halogens is 1. The number of methoxy groups -OCH3 is 1. The first-order valence-electron chi connectivity index (χ1n) is 8.12. The van der Waals surface area contributed by atoms with Crippen molar-refractivity contribution >= 4 is 23.4 Å². The van der Waals surface area contributed by atoms with Gasteiger partial charge in [-0.2, -0.15) is 5.10 Å². The van der Waals surface area contributed by atoms with Gasteiger partial charge in [0.25, 0.3) is 5.91 Å². The van der Waals surface area contributed by atoms with E-state index >= 15 is 0 Å². The van der Waals surface area contributed by atoms with E-state index in [9.17, 15) is 18.8 Å². The van der Waals surface area contributed by atoms with Gasteiger partial charge in [0.15, 0.2) is 0 Å². The van der Waals surface area contributed by atoms with E-state index in [1.54, 1.807) is 12.1 Å². The number of hydrogen-bond acceptors (Lipinski definition) is 5. The van der Waals surface area contributed by atoms with Crippen molar-refractivity contribution in [2.45, 2.75) is 31.8 Å². The number of rotatable bonds is 8. The average Bonchev–Trinajstić information content (AvgIpc) is 2.61. The summed E-state index contributed by atoms with van der Waals surface area (Å²) in [7, 11) is 1.48. The third-order valence-electron chi connectivity index (χ3n) is 3.87. The van der Waals surface area contributed by atoms with Crippen molar-refractivity contribution in [3.05, 3.63) is 35.6 Å². The van der Waals surface area contributed by atoms with Crippen LogP contribution in [-0.2, 0) is 25.7 Å². The normalized spacial score (nSPS) is 15.4. The molecule has 1 atom stereocenters. The standard InChI is InChI=1S/C17H21FN4O4/c1-26-9-8-13(16(19)24)20-17(25)14-6-7-15(23)22(21-14)10-11-2-4-12(18)5-3-11/h2-5,13H,6-10H2,1H3,(H2,19,24)(H,20,25)/t13-/m0/s1. The third-order valence-corrected chi connectivity index (χ3v) is 3.87. The fourth-order valence-corrected chi connectivity index (χ4v) is 2.41. The van der Waals surface area contributed by atoms with Crippen LogP contribution in [0.15, 0.2) is 29.4 Å². The van der Waals surface area contributed by atoms with Crippen LogP contribution >= 0.6 is 0 Å². The van der Waals surface area contributed by atoms with E-state index in [1.807, 2.05) is 0 Å². The summed E-state index contributed by atoms with van der Waals surface area (Å²) in [5.74, 6) is -1.85. The molecule has 1 aromatic carbocycles. The Kier molecular flexibility index (Phi) is 6.79. The molecule has 0 saturated carbocycles. The minimum atomic E-state index is -0.881. The number of carbonyl (C=O) groups is 3. The smallest absolute Gasteiger partial charge is 0.268 e. The fourth-order valence-electron chi connectivity index (χ4n) is 2.41. The van der Waals surface area contributed by atoms with Crippen LogP contribution < -0.4 is 11.1 Å². The van der Waals surface area contributed by atoms with Gasteiger partial charge in [0.1, 0.15) is 17.6 Å². The highest BCUT2D eigenvalue weighted by Gasteiger charge is 2.27. The maximum absolute atomic E-state index is 13.0. The zero-order chi connectivity index (χ0) is 19.1. The SMILES string of the molecule is COCC[C@H](NC(=O)C1=NN(Cc2ccc(F)cc2)C(=O)CC1)C(N)=O. The van der Waals surface area contributed by atoms with Crippen molar-refractivity contribution in [2.75, 3.05) is 13.7 Å². The molecule has 0 aromatic heterocycles. The van der Waals surface area contributed by atoms with Gasteiger partial charge in [0, 0.05) is 26.6 Å². The van der Waals surface area contributed by atoms with Crippen LogP contribution in [0.4, 0.5) is 4.39 Å². The first kappa shape index (κ1) is 19.5. The molecule has 1 heterocycles. The Morgan fingerprint density at radius 3 is 2.65 bits per heavy atom. The number of ether oxygens (including phenoxy) is 1. The van der Waals surface area contributed by atoms with E-state index in [2.05, 4.69) is 10.4 Å². The summed E-state index contributed by atoms with van der Waals surface area (Å²) >= 11 is 0. The highest BCUT2D eigenvalue weighted by atomic mass is 19.1. The second-order valence-electron chi connectivity index (χ2n) is 5.83. The summed E-state index contributed by atoms with van der Waals surface area (Å²) in [6.07, 6.45) is 0.524. The number of amides is 3. The molecule has 9 heteroatoms. The number of primary amides is 1. The topological polar surface area (TPSA) is 114 Å². The largest absolute Gasteiger partial charge is 0.385 e. The Bertz CT molecular complexity index is 705. The van der Waals surface area contributed by atoms with Crippen molar-refractivity contribution < 1.29 is 23.5 Å². The minimum Gasteiger partial charge on any atom is -0.385 e. The number of nitrogens with zero attached hydrogens (tertiary/aromatic N) is 2. The van der Waals surface area contributed by atoms with E-state index in [0.29, 0.717) is 5.56 Å². The molecule has 140 valence electrons. The molecular formula is C17H21FN4O4. The number of hydrogen-bond donors (Lipinski definition) is 2. The Hall–Kier alpha value is -2.81. The second-order valence-corrected chi connectivity index (χ2v) is 5.83. The first-order chi connectivity index (χ1) is 12.4. The first-order valence-corrected chi connectivity index (χ1v) is 8.12. The van der Waals surface area contributed by atoms with Gasteiger partial charge in [-0.3, -0.25) is 14.4 Å². The summed E-state index contributed by atoms with van der Waals surface area (Å²) in [6, 6.07) is 4.77. The lowest BCUT2D eigenvalue weighted by atomic mass is 10.1. The van der Waals surface area contributed by atoms with Crippen LogP contribution in [-0.4, -0.2) is 48.2 Å². The predicted octanol–water partition coefficient (Wildman–Crippen LogP) is 0.311. The Balaban J connectivity index is 2.07. The molecular weight excluding hydrogens is 343 g/mol. The molecule has 0 unspecified atom stereocenters. The van der Waals surface area contributed by atoms with Crippen LogP contribution in [0.25, 0.3) is 0 Å². The van der Waals surface area contributed by atoms with Crippen LogP contribution in [0.1, 0.15) is 24.8 Å². The number of carbonyl (C=O) groups excluding carboxylic acids is 3. The van der Waals surface area contributed by atoms with E-state index in [-0.39, 0.29) is 49.9 Å². The number of benzene rings is 1. The van der Waals surface area contributed by atoms with Gasteiger partial charge < -0.3 is 15.8 Å². The Morgan fingerprint density at radius 2 is 2.04 bits per heavy atom. The fraction of sp³-hybridized carbons (Fsp3) is 0.412. The summed E-state index contributed by atoms with van der Waals surface area (Å²) in [5, 5.41) is 7.77. The molecule has 2 rings (SSSR count). The highest BCUT2D eigenvalue weighted by molar-refractivity contribution is 6.39. The molecule has 3 amide bonds. The van der Waals surface area contributed by atoms with Crippen molar-refractivity contribution in [3.8, 4) is 0 Å². The van der Waals surface area contributed by atoms with Gasteiger partial charge in [-0.15, -0.1) is 0 Å². The zero-order valence-corrected chi connectivity index (χ0v) is 14.4. The third kappa shape index (κ3) is 5.35. The maximum atomic E-state index is 13.0. The Morgan fingerprint density at radius 1 is 1.35 bits per heavy atom. The molecule has 26 heavy (non-hydrogen) atoms. The number of hydrazone groups is 1. The highest BCUT2D eigenvalue weighted by Crippen LogP contribution is 2.14. The van der Waals surface area contributed by atoms with Gasteiger partial charge in [0.2, 0.25) is 11.8 Å². The lowest BCUT2D eigenvalue weighted by Crippen LogP contribution is -2.48. The van der Waals surface area contributed by atoms with Gasteiger partial charge in [0.05, 0.1) is 6.54 Å². The molecule has 0 spiro atoms. The quantitative estimate of drug-likeness (QED) is 0.691. The summed E-state index contributed by atoms with van der Waals surface area (Å²) in [6.45, 7) is 0.383.